The molecule has 8 heteroatoms. The molecule has 0 spiro atoms. The molecule has 4 rings (SSSR count). The highest BCUT2D eigenvalue weighted by Crippen LogP contribution is 2.41. The number of aromatic nitrogens is 2. The summed E-state index contributed by atoms with van der Waals surface area (Å²) in [6.45, 7) is 3.60. The number of aryl methyl sites for hydroxylation is 1. The van der Waals surface area contributed by atoms with Crippen LogP contribution in [0.3, 0.4) is 0 Å². The quantitative estimate of drug-likeness (QED) is 0.672. The van der Waals surface area contributed by atoms with E-state index in [1.165, 1.54) is 16.7 Å². The first-order chi connectivity index (χ1) is 14.7. The molecule has 2 N–H and O–H groups in total. The highest BCUT2D eigenvalue weighted by Gasteiger charge is 2.43. The Bertz CT molecular complexity index is 1200. The van der Waals surface area contributed by atoms with Gasteiger partial charge in [-0.1, -0.05) is 12.1 Å². The number of pyridine rings is 1. The highest BCUT2D eigenvalue weighted by molar-refractivity contribution is 5.98. The smallest absolute Gasteiger partial charge is 0.337 e. The van der Waals surface area contributed by atoms with Crippen molar-refractivity contribution in [2.45, 2.75) is 25.8 Å². The molecule has 160 valence electrons. The lowest BCUT2D eigenvalue weighted by Crippen LogP contribution is -2.50. The van der Waals surface area contributed by atoms with E-state index < -0.39 is 23.2 Å². The van der Waals surface area contributed by atoms with Crippen LogP contribution in [0.1, 0.15) is 49.8 Å². The minimum absolute atomic E-state index is 0.0496. The zero-order valence-corrected chi connectivity index (χ0v) is 17.4. The number of nitrogens with one attached hydrogen (secondary N) is 1. The summed E-state index contributed by atoms with van der Waals surface area (Å²) in [5.74, 6) is -1.49. The monoisotopic (exact) mass is 423 g/mol. The van der Waals surface area contributed by atoms with Crippen LogP contribution in [0.2, 0.25) is 0 Å². The Morgan fingerprint density at radius 3 is 2.71 bits per heavy atom. The maximum absolute atomic E-state index is 14.5. The summed E-state index contributed by atoms with van der Waals surface area (Å²) in [7, 11) is 1.63. The highest BCUT2D eigenvalue weighted by atomic mass is 19.1. The second kappa shape index (κ2) is 7.54. The van der Waals surface area contributed by atoms with Gasteiger partial charge in [-0.25, -0.2) is 9.18 Å². The molecule has 7 nitrogen and oxygen atoms in total. The number of carboxylic acids is 1. The third-order valence-electron chi connectivity index (χ3n) is 5.90. The van der Waals surface area contributed by atoms with Crippen LogP contribution in [0, 0.1) is 19.7 Å². The number of hydrogen-bond acceptors (Lipinski definition) is 4. The first-order valence-corrected chi connectivity index (χ1v) is 9.81. The van der Waals surface area contributed by atoms with Crippen molar-refractivity contribution in [2.24, 2.45) is 7.05 Å². The van der Waals surface area contributed by atoms with E-state index in [-0.39, 0.29) is 11.3 Å². The molecule has 0 saturated carbocycles. The van der Waals surface area contributed by atoms with Gasteiger partial charge in [-0.15, -0.1) is 0 Å². The second-order valence-electron chi connectivity index (χ2n) is 7.66. The molecule has 0 saturated heterocycles. The number of carbonyl (C=O) groups is 2. The number of hydrogen-bond donors (Lipinski definition) is 2. The van der Waals surface area contributed by atoms with Gasteiger partial charge >= 0.3 is 5.97 Å². The molecule has 0 radical (unpaired) electrons. The van der Waals surface area contributed by atoms with E-state index in [4.69, 9.17) is 4.74 Å². The van der Waals surface area contributed by atoms with Gasteiger partial charge in [-0.3, -0.25) is 9.78 Å². The van der Waals surface area contributed by atoms with Crippen molar-refractivity contribution in [3.8, 4) is 5.75 Å². The average Bonchev–Trinajstić information content (AvgIpc) is 3.05. The van der Waals surface area contributed by atoms with Gasteiger partial charge in [0.15, 0.2) is 0 Å². The van der Waals surface area contributed by atoms with Crippen LogP contribution in [0.25, 0.3) is 0 Å². The average molecular weight is 423 g/mol. The Morgan fingerprint density at radius 2 is 2.03 bits per heavy atom. The zero-order valence-electron chi connectivity index (χ0n) is 17.4. The van der Waals surface area contributed by atoms with Crippen molar-refractivity contribution in [2.75, 3.05) is 6.61 Å². The first kappa shape index (κ1) is 20.6. The molecule has 1 aromatic carbocycles. The predicted octanol–water partition coefficient (Wildman–Crippen LogP) is 3.33. The number of carboxylic acid groups (broad SMARTS) is 1. The molecule has 2 aromatic heterocycles. The number of ether oxygens (including phenoxy) is 1. The number of benzene rings is 1. The normalized spacial score (nSPS) is 17.5. The molecule has 31 heavy (non-hydrogen) atoms. The largest absolute Gasteiger partial charge is 0.491 e. The molecule has 0 aliphatic carbocycles. The van der Waals surface area contributed by atoms with Crippen LogP contribution in [-0.2, 0) is 12.6 Å². The molecule has 0 bridgehead atoms. The van der Waals surface area contributed by atoms with Gasteiger partial charge in [-0.2, -0.15) is 0 Å². The van der Waals surface area contributed by atoms with E-state index >= 15 is 0 Å². The number of rotatable bonds is 4. The molecule has 1 aliphatic heterocycles. The van der Waals surface area contributed by atoms with E-state index in [0.29, 0.717) is 41.3 Å². The van der Waals surface area contributed by atoms with E-state index in [1.54, 1.807) is 51.4 Å². The number of halogens is 1. The molecule has 1 aliphatic rings. The molecule has 1 amide bonds. The van der Waals surface area contributed by atoms with Gasteiger partial charge < -0.3 is 19.7 Å². The third kappa shape index (κ3) is 3.34. The van der Waals surface area contributed by atoms with Gasteiger partial charge in [0.2, 0.25) is 0 Å². The fourth-order valence-electron chi connectivity index (χ4n) is 3.98. The Morgan fingerprint density at radius 1 is 1.26 bits per heavy atom. The van der Waals surface area contributed by atoms with Crippen molar-refractivity contribution < 1.29 is 23.8 Å². The number of nitrogens with zero attached hydrogens (tertiary/aromatic N) is 2. The zero-order chi connectivity index (χ0) is 22.3. The third-order valence-corrected chi connectivity index (χ3v) is 5.90. The molecule has 1 atom stereocenters. The standard InChI is InChI=1S/C23H22FN3O4/c1-13-6-7-15(11-17(13)24)23(8-10-31-19-5-4-9-25-20(19)23)26-21(28)18-12-16(22(29)30)14(2)27(18)3/h4-7,9,11-12H,8,10H2,1-3H3,(H,26,28)(H,29,30)/t23-/m0/s1. The molecular formula is C23H22FN3O4. The van der Waals surface area contributed by atoms with Crippen LogP contribution in [0.5, 0.6) is 5.75 Å². The van der Waals surface area contributed by atoms with Crippen molar-refractivity contribution in [3.05, 3.63) is 82.2 Å². The summed E-state index contributed by atoms with van der Waals surface area (Å²) in [5.41, 5.74) is 1.06. The fraction of sp³-hybridized carbons (Fsp3) is 0.261. The first-order valence-electron chi connectivity index (χ1n) is 9.81. The number of amides is 1. The SMILES string of the molecule is Cc1ccc([C@@]2(NC(=O)c3cc(C(=O)O)c(C)n3C)CCOc3cccnc32)cc1F. The summed E-state index contributed by atoms with van der Waals surface area (Å²) in [4.78, 5) is 29.3. The number of aromatic carboxylic acids is 1. The van der Waals surface area contributed by atoms with Crippen molar-refractivity contribution in [1.82, 2.24) is 14.9 Å². The van der Waals surface area contributed by atoms with Crippen molar-refractivity contribution in [1.29, 1.82) is 0 Å². The van der Waals surface area contributed by atoms with E-state index in [2.05, 4.69) is 10.3 Å². The summed E-state index contributed by atoms with van der Waals surface area (Å²) >= 11 is 0. The van der Waals surface area contributed by atoms with E-state index in [0.717, 1.165) is 0 Å². The maximum Gasteiger partial charge on any atom is 0.337 e. The predicted molar refractivity (Wildman–Crippen MR) is 111 cm³/mol. The van der Waals surface area contributed by atoms with E-state index in [9.17, 15) is 19.1 Å². The van der Waals surface area contributed by atoms with Crippen molar-refractivity contribution >= 4 is 11.9 Å². The minimum atomic E-state index is -1.14. The number of fused-ring (bicyclic) bond motifs is 1. The van der Waals surface area contributed by atoms with Crippen LogP contribution >= 0.6 is 0 Å². The molecule has 0 unspecified atom stereocenters. The van der Waals surface area contributed by atoms with Crippen molar-refractivity contribution in [3.63, 3.8) is 0 Å². The Balaban J connectivity index is 1.86. The maximum atomic E-state index is 14.5. The topological polar surface area (TPSA) is 93.5 Å². The lowest BCUT2D eigenvalue weighted by Gasteiger charge is -2.39. The van der Waals surface area contributed by atoms with Gasteiger partial charge in [0.05, 0.1) is 12.2 Å². The molecular weight excluding hydrogens is 401 g/mol. The second-order valence-corrected chi connectivity index (χ2v) is 7.66. The molecule has 3 heterocycles. The Kier molecular flexibility index (Phi) is 5.00. The lowest BCUT2D eigenvalue weighted by molar-refractivity contribution is 0.0696. The summed E-state index contributed by atoms with van der Waals surface area (Å²) in [6.07, 6.45) is 1.93. The summed E-state index contributed by atoms with van der Waals surface area (Å²) in [6, 6.07) is 9.65. The Hall–Kier alpha value is -3.68. The Labute approximate surface area is 178 Å². The van der Waals surface area contributed by atoms with Gasteiger partial charge in [0, 0.05) is 25.4 Å². The fourth-order valence-corrected chi connectivity index (χ4v) is 3.98. The van der Waals surface area contributed by atoms with Gasteiger partial charge in [0.25, 0.3) is 5.91 Å². The van der Waals surface area contributed by atoms with Crippen LogP contribution < -0.4 is 10.1 Å². The molecule has 3 aromatic rings. The van der Waals surface area contributed by atoms with Gasteiger partial charge in [-0.05, 0) is 49.2 Å². The minimum Gasteiger partial charge on any atom is -0.491 e. The van der Waals surface area contributed by atoms with Crippen LogP contribution in [0.15, 0.2) is 42.6 Å². The summed E-state index contributed by atoms with van der Waals surface area (Å²) < 4.78 is 21.8. The van der Waals surface area contributed by atoms with E-state index in [1.807, 2.05) is 0 Å². The van der Waals surface area contributed by atoms with Crippen LogP contribution in [-0.4, -0.2) is 33.1 Å². The summed E-state index contributed by atoms with van der Waals surface area (Å²) in [5, 5.41) is 12.4. The number of carbonyl (C=O) groups excluding carboxylic acids is 1. The lowest BCUT2D eigenvalue weighted by atomic mass is 9.81. The van der Waals surface area contributed by atoms with Gasteiger partial charge in [0.1, 0.15) is 28.5 Å². The molecule has 0 fully saturated rings. The van der Waals surface area contributed by atoms with Crippen LogP contribution in [0.4, 0.5) is 4.39 Å².